The number of alkyl halides is 2. The van der Waals surface area contributed by atoms with Crippen LogP contribution in [-0.2, 0) is 22.0 Å². The number of nitrogens with zero attached hydrogens (tertiary/aromatic N) is 3. The SMILES string of the molecule is CCOC(=O)c1c(C)c(C(=O)C(=O)CC2(c3cn[nH]n3)CC(F)(F)C2)cn1C. The number of carbonyl (C=O) groups is 3. The summed E-state index contributed by atoms with van der Waals surface area (Å²) in [4.78, 5) is 37.4. The zero-order valence-corrected chi connectivity index (χ0v) is 15.7. The molecule has 1 aliphatic rings. The van der Waals surface area contributed by atoms with Crippen LogP contribution in [0.5, 0.6) is 0 Å². The number of aromatic amines is 1. The van der Waals surface area contributed by atoms with Gasteiger partial charge < -0.3 is 9.30 Å². The van der Waals surface area contributed by atoms with Gasteiger partial charge in [-0.15, -0.1) is 0 Å². The van der Waals surface area contributed by atoms with Crippen molar-refractivity contribution in [3.05, 3.63) is 34.9 Å². The summed E-state index contributed by atoms with van der Waals surface area (Å²) in [5.41, 5.74) is -0.461. The largest absolute Gasteiger partial charge is 0.461 e. The van der Waals surface area contributed by atoms with Crippen LogP contribution in [0.3, 0.4) is 0 Å². The number of H-pyrrole nitrogens is 1. The van der Waals surface area contributed by atoms with Gasteiger partial charge in [-0.2, -0.15) is 15.4 Å². The van der Waals surface area contributed by atoms with Crippen molar-refractivity contribution in [1.29, 1.82) is 0 Å². The predicted molar refractivity (Wildman–Crippen MR) is 92.3 cm³/mol. The van der Waals surface area contributed by atoms with E-state index >= 15 is 0 Å². The second-order valence-electron chi connectivity index (χ2n) is 7.12. The second kappa shape index (κ2) is 6.92. The number of halogens is 2. The molecule has 1 fully saturated rings. The van der Waals surface area contributed by atoms with Crippen molar-refractivity contribution in [1.82, 2.24) is 20.0 Å². The minimum atomic E-state index is -2.91. The van der Waals surface area contributed by atoms with Crippen molar-refractivity contribution < 1.29 is 27.9 Å². The normalized spacial score (nSPS) is 17.0. The maximum atomic E-state index is 13.6. The smallest absolute Gasteiger partial charge is 0.355 e. The van der Waals surface area contributed by atoms with Crippen molar-refractivity contribution in [3.63, 3.8) is 0 Å². The molecule has 10 heteroatoms. The molecule has 2 heterocycles. The summed E-state index contributed by atoms with van der Waals surface area (Å²) in [5.74, 6) is -5.17. The average molecular weight is 394 g/mol. The number of rotatable bonds is 7. The highest BCUT2D eigenvalue weighted by Crippen LogP contribution is 2.54. The topological polar surface area (TPSA) is 107 Å². The fraction of sp³-hybridized carbons (Fsp3) is 0.500. The van der Waals surface area contributed by atoms with Gasteiger partial charge in [0.25, 0.3) is 0 Å². The lowest BCUT2D eigenvalue weighted by Crippen LogP contribution is -2.51. The van der Waals surface area contributed by atoms with Gasteiger partial charge in [0, 0.05) is 43.5 Å². The van der Waals surface area contributed by atoms with Crippen molar-refractivity contribution in [3.8, 4) is 0 Å². The summed E-state index contributed by atoms with van der Waals surface area (Å²) in [6.07, 6.45) is 1.11. The molecule has 28 heavy (non-hydrogen) atoms. The Labute approximate surface area is 159 Å². The molecule has 3 rings (SSSR count). The number of ether oxygens (including phenoxy) is 1. The van der Waals surface area contributed by atoms with E-state index in [2.05, 4.69) is 15.4 Å². The molecule has 0 aromatic carbocycles. The van der Waals surface area contributed by atoms with Crippen LogP contribution in [0.1, 0.15) is 58.3 Å². The summed E-state index contributed by atoms with van der Waals surface area (Å²) >= 11 is 0. The Morgan fingerprint density at radius 2 is 2.00 bits per heavy atom. The van der Waals surface area contributed by atoms with Crippen LogP contribution in [0.2, 0.25) is 0 Å². The van der Waals surface area contributed by atoms with Gasteiger partial charge in [-0.3, -0.25) is 9.59 Å². The third kappa shape index (κ3) is 3.34. The van der Waals surface area contributed by atoms with Crippen LogP contribution in [0.25, 0.3) is 0 Å². The van der Waals surface area contributed by atoms with Gasteiger partial charge in [0.1, 0.15) is 5.69 Å². The maximum Gasteiger partial charge on any atom is 0.355 e. The van der Waals surface area contributed by atoms with Gasteiger partial charge in [-0.05, 0) is 19.4 Å². The van der Waals surface area contributed by atoms with Gasteiger partial charge in [-0.25, -0.2) is 13.6 Å². The minimum absolute atomic E-state index is 0.0527. The molecular formula is C18H20F2N4O4. The molecule has 0 saturated heterocycles. The van der Waals surface area contributed by atoms with E-state index in [1.165, 1.54) is 23.9 Å². The van der Waals surface area contributed by atoms with Crippen LogP contribution < -0.4 is 0 Å². The number of hydrogen-bond acceptors (Lipinski definition) is 6. The molecule has 150 valence electrons. The molecule has 1 saturated carbocycles. The number of aromatic nitrogens is 4. The van der Waals surface area contributed by atoms with Crippen molar-refractivity contribution in [2.24, 2.45) is 7.05 Å². The third-order valence-electron chi connectivity index (χ3n) is 5.05. The van der Waals surface area contributed by atoms with E-state index in [9.17, 15) is 23.2 Å². The molecule has 0 spiro atoms. The van der Waals surface area contributed by atoms with Crippen molar-refractivity contribution >= 4 is 17.5 Å². The Balaban J connectivity index is 1.84. The van der Waals surface area contributed by atoms with E-state index in [-0.39, 0.29) is 23.6 Å². The highest BCUT2D eigenvalue weighted by atomic mass is 19.3. The number of nitrogens with one attached hydrogen (secondary N) is 1. The van der Waals surface area contributed by atoms with E-state index in [0.29, 0.717) is 5.56 Å². The molecule has 1 N–H and O–H groups in total. The van der Waals surface area contributed by atoms with Crippen molar-refractivity contribution in [2.45, 2.75) is 44.4 Å². The fourth-order valence-electron chi connectivity index (χ4n) is 3.80. The number of carbonyl (C=O) groups excluding carboxylic acids is 3. The first kappa shape index (κ1) is 19.8. The molecule has 2 aromatic heterocycles. The third-order valence-corrected chi connectivity index (χ3v) is 5.05. The van der Waals surface area contributed by atoms with Gasteiger partial charge in [0.05, 0.1) is 18.5 Å². The van der Waals surface area contributed by atoms with E-state index in [4.69, 9.17) is 4.74 Å². The predicted octanol–water partition coefficient (Wildman–Crippen LogP) is 2.14. The lowest BCUT2D eigenvalue weighted by Gasteiger charge is -2.45. The fourth-order valence-corrected chi connectivity index (χ4v) is 3.80. The standard InChI is InChI=1S/C18H20F2N4O4/c1-4-28-16(27)14-10(2)11(7-24(14)3)15(26)12(25)5-17(8-18(19,20)9-17)13-6-21-23-22-13/h6-7H,4-5,8-9H2,1-3H3,(H,21,22,23). The zero-order chi connectivity index (χ0) is 20.7. The molecule has 2 aromatic rings. The summed E-state index contributed by atoms with van der Waals surface area (Å²) in [6.45, 7) is 3.36. The van der Waals surface area contributed by atoms with Gasteiger partial charge in [-0.1, -0.05) is 0 Å². The first-order valence-electron chi connectivity index (χ1n) is 8.75. The molecule has 0 radical (unpaired) electrons. The Morgan fingerprint density at radius 1 is 1.32 bits per heavy atom. The summed E-state index contributed by atoms with van der Waals surface area (Å²) in [6, 6.07) is 0. The highest BCUT2D eigenvalue weighted by molar-refractivity contribution is 6.44. The van der Waals surface area contributed by atoms with E-state index in [0.717, 1.165) is 0 Å². The van der Waals surface area contributed by atoms with Gasteiger partial charge in [0.2, 0.25) is 17.5 Å². The Morgan fingerprint density at radius 3 is 2.54 bits per heavy atom. The number of Topliss-reactive ketones (excluding diaryl/α,β-unsaturated/α-hetero) is 2. The summed E-state index contributed by atoms with van der Waals surface area (Å²) in [5, 5.41) is 9.82. The second-order valence-corrected chi connectivity index (χ2v) is 7.12. The lowest BCUT2D eigenvalue weighted by atomic mass is 9.61. The zero-order valence-electron chi connectivity index (χ0n) is 15.7. The minimum Gasteiger partial charge on any atom is -0.461 e. The first-order valence-corrected chi connectivity index (χ1v) is 8.75. The van der Waals surface area contributed by atoms with E-state index < -0.39 is 48.1 Å². The monoisotopic (exact) mass is 394 g/mol. The molecular weight excluding hydrogens is 374 g/mol. The molecule has 1 aliphatic carbocycles. The number of hydrogen-bond donors (Lipinski definition) is 1. The van der Waals surface area contributed by atoms with E-state index in [1.807, 2.05) is 0 Å². The van der Waals surface area contributed by atoms with Crippen molar-refractivity contribution in [2.75, 3.05) is 6.61 Å². The quantitative estimate of drug-likeness (QED) is 0.438. The summed E-state index contributed by atoms with van der Waals surface area (Å²) in [7, 11) is 1.56. The Hall–Kier alpha value is -2.91. The highest BCUT2D eigenvalue weighted by Gasteiger charge is 2.59. The number of aryl methyl sites for hydroxylation is 1. The molecule has 0 atom stereocenters. The van der Waals surface area contributed by atoms with Gasteiger partial charge in [0.15, 0.2) is 0 Å². The van der Waals surface area contributed by atoms with Crippen LogP contribution in [0.15, 0.2) is 12.4 Å². The lowest BCUT2D eigenvalue weighted by molar-refractivity contribution is -0.139. The Bertz CT molecular complexity index is 926. The van der Waals surface area contributed by atoms with Crippen LogP contribution >= 0.6 is 0 Å². The summed E-state index contributed by atoms with van der Waals surface area (Å²) < 4.78 is 33.5. The van der Waals surface area contributed by atoms with Crippen LogP contribution in [0, 0.1) is 6.92 Å². The first-order chi connectivity index (χ1) is 13.1. The molecule has 8 nitrogen and oxygen atoms in total. The molecule has 0 unspecified atom stereocenters. The van der Waals surface area contributed by atoms with E-state index in [1.54, 1.807) is 14.0 Å². The average Bonchev–Trinajstić information content (AvgIpc) is 3.21. The molecule has 0 bridgehead atoms. The Kier molecular flexibility index (Phi) is 4.90. The van der Waals surface area contributed by atoms with Crippen LogP contribution in [-0.4, -0.2) is 50.0 Å². The van der Waals surface area contributed by atoms with Gasteiger partial charge >= 0.3 is 5.97 Å². The van der Waals surface area contributed by atoms with Crippen LogP contribution in [0.4, 0.5) is 8.78 Å². The number of ketones is 2. The maximum absolute atomic E-state index is 13.6. The molecule has 0 amide bonds. The number of esters is 1. The molecule has 0 aliphatic heterocycles.